The van der Waals surface area contributed by atoms with E-state index < -0.39 is 44.7 Å². The molecule has 7 nitrogen and oxygen atoms in total. The third-order valence-electron chi connectivity index (χ3n) is 3.64. The summed E-state index contributed by atoms with van der Waals surface area (Å²) in [6.45, 7) is 1.80. The van der Waals surface area contributed by atoms with Crippen molar-refractivity contribution in [2.45, 2.75) is 24.4 Å². The van der Waals surface area contributed by atoms with Crippen molar-refractivity contribution >= 4 is 15.9 Å². The normalized spacial score (nSPS) is 11.4. The standard InChI is InChI=1S/C19H17F3N2O5S/c1-2-9-28-14-4-6-15(7-5-14)29-12-18(25)24-30(26,27)16-8-3-13(11-23)17(10-16)19(20,21)22/h3-8,10H,2,9,12H2,1H3,(H,24,25). The minimum absolute atomic E-state index is 0.268. The molecule has 1 N–H and O–H groups in total. The minimum Gasteiger partial charge on any atom is -0.494 e. The van der Waals surface area contributed by atoms with Crippen LogP contribution in [0.25, 0.3) is 0 Å². The number of carbonyl (C=O) groups excluding carboxylic acids is 1. The highest BCUT2D eigenvalue weighted by atomic mass is 32.2. The molecule has 0 spiro atoms. The van der Waals surface area contributed by atoms with Crippen LogP contribution in [0, 0.1) is 11.3 Å². The van der Waals surface area contributed by atoms with Gasteiger partial charge >= 0.3 is 6.18 Å². The number of nitrogens with zero attached hydrogens (tertiary/aromatic N) is 1. The first-order chi connectivity index (χ1) is 14.1. The molecule has 0 atom stereocenters. The number of nitrogens with one attached hydrogen (secondary N) is 1. The highest BCUT2D eigenvalue weighted by Gasteiger charge is 2.35. The van der Waals surface area contributed by atoms with Gasteiger partial charge in [0, 0.05) is 0 Å². The fourth-order valence-electron chi connectivity index (χ4n) is 2.26. The highest BCUT2D eigenvalue weighted by Crippen LogP contribution is 2.33. The van der Waals surface area contributed by atoms with E-state index in [1.165, 1.54) is 18.2 Å². The van der Waals surface area contributed by atoms with Gasteiger partial charge in [0.2, 0.25) is 0 Å². The van der Waals surface area contributed by atoms with Crippen molar-refractivity contribution in [1.82, 2.24) is 4.72 Å². The number of sulfonamides is 1. The maximum atomic E-state index is 13.0. The van der Waals surface area contributed by atoms with E-state index in [2.05, 4.69) is 0 Å². The van der Waals surface area contributed by atoms with Gasteiger partial charge in [-0.25, -0.2) is 13.1 Å². The van der Waals surface area contributed by atoms with Gasteiger partial charge in [-0.3, -0.25) is 4.79 Å². The lowest BCUT2D eigenvalue weighted by Gasteiger charge is -2.12. The number of amides is 1. The Kier molecular flexibility index (Phi) is 7.28. The Balaban J connectivity index is 2.05. The van der Waals surface area contributed by atoms with Crippen LogP contribution >= 0.6 is 0 Å². The first-order valence-corrected chi connectivity index (χ1v) is 10.1. The van der Waals surface area contributed by atoms with Gasteiger partial charge in [0.05, 0.1) is 28.7 Å². The number of carbonyl (C=O) groups is 1. The summed E-state index contributed by atoms with van der Waals surface area (Å²) in [6.07, 6.45) is -4.10. The van der Waals surface area contributed by atoms with Crippen LogP contribution in [0.1, 0.15) is 24.5 Å². The van der Waals surface area contributed by atoms with E-state index in [0.717, 1.165) is 18.6 Å². The van der Waals surface area contributed by atoms with E-state index in [4.69, 9.17) is 14.7 Å². The van der Waals surface area contributed by atoms with Gasteiger partial charge in [0.25, 0.3) is 15.9 Å². The first-order valence-electron chi connectivity index (χ1n) is 8.59. The number of alkyl halides is 3. The Morgan fingerprint density at radius 2 is 1.70 bits per heavy atom. The quantitative estimate of drug-likeness (QED) is 0.673. The average molecular weight is 442 g/mol. The lowest BCUT2D eigenvalue weighted by atomic mass is 10.1. The van der Waals surface area contributed by atoms with Crippen LogP contribution in [-0.2, 0) is 21.0 Å². The van der Waals surface area contributed by atoms with Crippen molar-refractivity contribution in [2.24, 2.45) is 0 Å². The van der Waals surface area contributed by atoms with E-state index in [1.54, 1.807) is 16.9 Å². The number of benzene rings is 2. The summed E-state index contributed by atoms with van der Waals surface area (Å²) in [6, 6.07) is 9.41. The molecule has 0 aromatic heterocycles. The molecule has 0 saturated heterocycles. The molecule has 0 aliphatic heterocycles. The zero-order valence-electron chi connectivity index (χ0n) is 15.7. The molecule has 30 heavy (non-hydrogen) atoms. The molecule has 0 heterocycles. The summed E-state index contributed by atoms with van der Waals surface area (Å²) in [7, 11) is -4.60. The molecule has 0 aliphatic rings. The SMILES string of the molecule is CCCOc1ccc(OCC(=O)NS(=O)(=O)c2ccc(C#N)c(C(F)(F)F)c2)cc1. The third-order valence-corrected chi connectivity index (χ3v) is 5.01. The second-order valence-corrected chi connectivity index (χ2v) is 7.64. The highest BCUT2D eigenvalue weighted by molar-refractivity contribution is 7.90. The van der Waals surface area contributed by atoms with Crippen LogP contribution < -0.4 is 14.2 Å². The second kappa shape index (κ2) is 9.49. The summed E-state index contributed by atoms with van der Waals surface area (Å²) in [5.41, 5.74) is -2.15. The zero-order valence-corrected chi connectivity index (χ0v) is 16.5. The molecular formula is C19H17F3N2O5S. The zero-order chi connectivity index (χ0) is 22.4. The molecule has 2 aromatic carbocycles. The fraction of sp³-hybridized carbons (Fsp3) is 0.263. The number of hydrogen-bond acceptors (Lipinski definition) is 6. The van der Waals surface area contributed by atoms with Crippen molar-refractivity contribution in [2.75, 3.05) is 13.2 Å². The van der Waals surface area contributed by atoms with Gasteiger partial charge < -0.3 is 9.47 Å². The van der Waals surface area contributed by atoms with Gasteiger partial charge in [-0.2, -0.15) is 18.4 Å². The van der Waals surface area contributed by atoms with Crippen LogP contribution in [0.5, 0.6) is 11.5 Å². The Morgan fingerprint density at radius 1 is 1.10 bits per heavy atom. The number of halogens is 3. The van der Waals surface area contributed by atoms with Crippen LogP contribution in [0.15, 0.2) is 47.4 Å². The fourth-order valence-corrected chi connectivity index (χ4v) is 3.26. The van der Waals surface area contributed by atoms with E-state index in [9.17, 15) is 26.4 Å². The predicted molar refractivity (Wildman–Crippen MR) is 99.2 cm³/mol. The van der Waals surface area contributed by atoms with Crippen molar-refractivity contribution < 1.29 is 35.9 Å². The lowest BCUT2D eigenvalue weighted by Crippen LogP contribution is -2.34. The monoisotopic (exact) mass is 442 g/mol. The topological polar surface area (TPSA) is 105 Å². The average Bonchev–Trinajstić information content (AvgIpc) is 2.70. The van der Waals surface area contributed by atoms with Crippen molar-refractivity contribution in [3.63, 3.8) is 0 Å². The molecular weight excluding hydrogens is 425 g/mol. The molecule has 0 unspecified atom stereocenters. The smallest absolute Gasteiger partial charge is 0.417 e. The Bertz CT molecular complexity index is 1050. The van der Waals surface area contributed by atoms with Gasteiger partial charge in [0.15, 0.2) is 6.61 Å². The molecule has 0 saturated carbocycles. The van der Waals surface area contributed by atoms with Gasteiger partial charge in [0.1, 0.15) is 11.5 Å². The molecule has 2 rings (SSSR count). The van der Waals surface area contributed by atoms with Crippen LogP contribution in [0.4, 0.5) is 13.2 Å². The van der Waals surface area contributed by atoms with Crippen molar-refractivity contribution in [3.05, 3.63) is 53.6 Å². The van der Waals surface area contributed by atoms with Crippen LogP contribution in [0.3, 0.4) is 0 Å². The van der Waals surface area contributed by atoms with E-state index in [0.29, 0.717) is 18.4 Å². The number of nitriles is 1. The lowest BCUT2D eigenvalue weighted by molar-refractivity contribution is -0.137. The summed E-state index contributed by atoms with van der Waals surface area (Å²) >= 11 is 0. The van der Waals surface area contributed by atoms with Gasteiger partial charge in [-0.1, -0.05) is 6.92 Å². The Labute approximate surface area is 171 Å². The van der Waals surface area contributed by atoms with Crippen molar-refractivity contribution in [1.29, 1.82) is 5.26 Å². The summed E-state index contributed by atoms with van der Waals surface area (Å²) in [4.78, 5) is 11.1. The summed E-state index contributed by atoms with van der Waals surface area (Å²) in [5, 5.41) is 8.77. The van der Waals surface area contributed by atoms with Crippen LogP contribution in [0.2, 0.25) is 0 Å². The van der Waals surface area contributed by atoms with Gasteiger partial charge in [-0.05, 0) is 48.9 Å². The largest absolute Gasteiger partial charge is 0.494 e. The second-order valence-electron chi connectivity index (χ2n) is 5.95. The van der Waals surface area contributed by atoms with E-state index in [1.807, 2.05) is 6.92 Å². The third kappa shape index (κ3) is 6.12. The predicted octanol–water partition coefficient (Wildman–Crippen LogP) is 3.25. The summed E-state index contributed by atoms with van der Waals surface area (Å²) < 4.78 is 75.7. The number of hydrogen-bond donors (Lipinski definition) is 1. The molecule has 0 aliphatic carbocycles. The molecule has 0 radical (unpaired) electrons. The van der Waals surface area contributed by atoms with E-state index in [-0.39, 0.29) is 5.75 Å². The maximum Gasteiger partial charge on any atom is 0.417 e. The first kappa shape index (κ1) is 23.0. The minimum atomic E-state index is -4.93. The van der Waals surface area contributed by atoms with Crippen LogP contribution in [-0.4, -0.2) is 27.5 Å². The maximum absolute atomic E-state index is 13.0. The molecule has 11 heteroatoms. The molecule has 0 fully saturated rings. The number of ether oxygens (including phenoxy) is 2. The molecule has 1 amide bonds. The van der Waals surface area contributed by atoms with Crippen molar-refractivity contribution in [3.8, 4) is 17.6 Å². The molecule has 0 bridgehead atoms. The van der Waals surface area contributed by atoms with E-state index >= 15 is 0 Å². The Morgan fingerprint density at radius 3 is 2.23 bits per heavy atom. The number of rotatable bonds is 8. The van der Waals surface area contributed by atoms with Gasteiger partial charge in [-0.15, -0.1) is 0 Å². The summed E-state index contributed by atoms with van der Waals surface area (Å²) in [5.74, 6) is -0.221. The molecule has 2 aromatic rings. The molecule has 160 valence electrons. The Hall–Kier alpha value is -3.26.